The maximum atomic E-state index is 4.02. The molecule has 17 heavy (non-hydrogen) atoms. The minimum absolute atomic E-state index is 0.401. The molecule has 0 aliphatic heterocycles. The summed E-state index contributed by atoms with van der Waals surface area (Å²) in [5.74, 6) is 0.866. The van der Waals surface area contributed by atoms with E-state index >= 15 is 0 Å². The Morgan fingerprint density at radius 2 is 2.06 bits per heavy atom. The molecule has 0 amide bonds. The van der Waals surface area contributed by atoms with Crippen molar-refractivity contribution < 1.29 is 0 Å². The standard InChI is InChI=1S/C13H24N4/c1-14-12(13-10-15-16-17(13)2)9-11-7-5-3-4-6-8-11/h10-12,14H,3-9H2,1-2H3. The van der Waals surface area contributed by atoms with Gasteiger partial charge in [-0.15, -0.1) is 5.10 Å². The van der Waals surface area contributed by atoms with Gasteiger partial charge in [-0.25, -0.2) is 0 Å². The van der Waals surface area contributed by atoms with Gasteiger partial charge in [0.25, 0.3) is 0 Å². The SMILES string of the molecule is CNC(CC1CCCCCC1)c1cnnn1C. The maximum Gasteiger partial charge on any atom is 0.0753 e. The number of aromatic nitrogens is 3. The predicted molar refractivity (Wildman–Crippen MR) is 68.6 cm³/mol. The Bertz CT molecular complexity index is 326. The van der Waals surface area contributed by atoms with Gasteiger partial charge in [0.15, 0.2) is 0 Å². The zero-order valence-corrected chi connectivity index (χ0v) is 11.0. The second-order valence-corrected chi connectivity index (χ2v) is 5.22. The van der Waals surface area contributed by atoms with Crippen LogP contribution in [0.15, 0.2) is 6.20 Å². The van der Waals surface area contributed by atoms with E-state index in [-0.39, 0.29) is 0 Å². The summed E-state index contributed by atoms with van der Waals surface area (Å²) in [5.41, 5.74) is 1.21. The fourth-order valence-electron chi connectivity index (χ4n) is 2.93. The summed E-state index contributed by atoms with van der Waals surface area (Å²) in [6.45, 7) is 0. The molecule has 2 rings (SSSR count). The van der Waals surface area contributed by atoms with E-state index in [0.29, 0.717) is 6.04 Å². The van der Waals surface area contributed by atoms with Crippen LogP contribution >= 0.6 is 0 Å². The van der Waals surface area contributed by atoms with E-state index in [1.807, 2.05) is 25.0 Å². The quantitative estimate of drug-likeness (QED) is 0.816. The highest BCUT2D eigenvalue weighted by molar-refractivity contribution is 5.01. The lowest BCUT2D eigenvalue weighted by Gasteiger charge is -2.21. The largest absolute Gasteiger partial charge is 0.312 e. The van der Waals surface area contributed by atoms with Crippen LogP contribution in [-0.4, -0.2) is 22.0 Å². The third kappa shape index (κ3) is 3.28. The van der Waals surface area contributed by atoms with Gasteiger partial charge in [0.1, 0.15) is 0 Å². The lowest BCUT2D eigenvalue weighted by molar-refractivity contribution is 0.358. The van der Waals surface area contributed by atoms with Crippen molar-refractivity contribution in [3.63, 3.8) is 0 Å². The Labute approximate surface area is 104 Å². The number of hydrogen-bond donors (Lipinski definition) is 1. The van der Waals surface area contributed by atoms with Crippen molar-refractivity contribution in [3.8, 4) is 0 Å². The van der Waals surface area contributed by atoms with Gasteiger partial charge in [-0.3, -0.25) is 4.68 Å². The zero-order chi connectivity index (χ0) is 12.1. The Morgan fingerprint density at radius 1 is 1.35 bits per heavy atom. The second kappa shape index (κ2) is 6.15. The molecule has 0 spiro atoms. The minimum atomic E-state index is 0.401. The molecule has 1 atom stereocenters. The molecule has 1 heterocycles. The number of rotatable bonds is 4. The molecular weight excluding hydrogens is 212 g/mol. The molecule has 0 bridgehead atoms. The van der Waals surface area contributed by atoms with E-state index < -0.39 is 0 Å². The van der Waals surface area contributed by atoms with Crippen molar-refractivity contribution in [3.05, 3.63) is 11.9 Å². The van der Waals surface area contributed by atoms with E-state index in [4.69, 9.17) is 0 Å². The lowest BCUT2D eigenvalue weighted by Crippen LogP contribution is -2.22. The van der Waals surface area contributed by atoms with Crippen LogP contribution in [0, 0.1) is 5.92 Å². The smallest absolute Gasteiger partial charge is 0.0753 e. The third-order valence-electron chi connectivity index (χ3n) is 4.00. The van der Waals surface area contributed by atoms with Gasteiger partial charge in [0, 0.05) is 7.05 Å². The average molecular weight is 236 g/mol. The summed E-state index contributed by atoms with van der Waals surface area (Å²) in [5, 5.41) is 11.4. The molecule has 4 heteroatoms. The van der Waals surface area contributed by atoms with Crippen LogP contribution in [-0.2, 0) is 7.05 Å². The first-order valence-corrected chi connectivity index (χ1v) is 6.83. The highest BCUT2D eigenvalue weighted by Crippen LogP contribution is 2.30. The van der Waals surface area contributed by atoms with Gasteiger partial charge in [-0.1, -0.05) is 43.7 Å². The average Bonchev–Trinajstić information content (AvgIpc) is 2.62. The first-order valence-electron chi connectivity index (χ1n) is 6.83. The predicted octanol–water partition coefficient (Wildman–Crippen LogP) is 2.44. The summed E-state index contributed by atoms with van der Waals surface area (Å²) in [6.07, 6.45) is 11.6. The summed E-state index contributed by atoms with van der Waals surface area (Å²) in [7, 11) is 4.01. The van der Waals surface area contributed by atoms with Crippen LogP contribution in [0.4, 0.5) is 0 Å². The topological polar surface area (TPSA) is 42.7 Å². The number of nitrogens with one attached hydrogen (secondary N) is 1. The molecule has 1 aliphatic carbocycles. The fraction of sp³-hybridized carbons (Fsp3) is 0.846. The van der Waals surface area contributed by atoms with Crippen LogP contribution < -0.4 is 5.32 Å². The number of nitrogens with zero attached hydrogens (tertiary/aromatic N) is 3. The van der Waals surface area contributed by atoms with E-state index in [1.54, 1.807) is 0 Å². The third-order valence-corrected chi connectivity index (χ3v) is 4.00. The number of hydrogen-bond acceptors (Lipinski definition) is 3. The molecule has 4 nitrogen and oxygen atoms in total. The van der Waals surface area contributed by atoms with E-state index in [0.717, 1.165) is 5.92 Å². The minimum Gasteiger partial charge on any atom is -0.312 e. The molecule has 0 saturated heterocycles. The van der Waals surface area contributed by atoms with Crippen molar-refractivity contribution in [1.82, 2.24) is 20.3 Å². The van der Waals surface area contributed by atoms with Crippen molar-refractivity contribution >= 4 is 0 Å². The van der Waals surface area contributed by atoms with Crippen LogP contribution in [0.5, 0.6) is 0 Å². The van der Waals surface area contributed by atoms with Crippen molar-refractivity contribution in [2.75, 3.05) is 7.05 Å². The highest BCUT2D eigenvalue weighted by atomic mass is 15.4. The molecule has 1 fully saturated rings. The second-order valence-electron chi connectivity index (χ2n) is 5.22. The first kappa shape index (κ1) is 12.6. The van der Waals surface area contributed by atoms with Crippen LogP contribution in [0.3, 0.4) is 0 Å². The Kier molecular flexibility index (Phi) is 4.54. The summed E-state index contributed by atoms with van der Waals surface area (Å²) < 4.78 is 1.89. The highest BCUT2D eigenvalue weighted by Gasteiger charge is 2.20. The van der Waals surface area contributed by atoms with E-state index in [2.05, 4.69) is 15.6 Å². The molecule has 1 aromatic heterocycles. The van der Waals surface area contributed by atoms with Gasteiger partial charge in [-0.05, 0) is 19.4 Å². The van der Waals surface area contributed by atoms with Gasteiger partial charge in [-0.2, -0.15) is 0 Å². The van der Waals surface area contributed by atoms with Crippen molar-refractivity contribution in [1.29, 1.82) is 0 Å². The Balaban J connectivity index is 1.97. The summed E-state index contributed by atoms with van der Waals surface area (Å²) in [6, 6.07) is 0.401. The molecule has 1 saturated carbocycles. The summed E-state index contributed by atoms with van der Waals surface area (Å²) >= 11 is 0. The molecule has 1 unspecified atom stereocenters. The summed E-state index contributed by atoms with van der Waals surface area (Å²) in [4.78, 5) is 0. The van der Waals surface area contributed by atoms with Gasteiger partial charge >= 0.3 is 0 Å². The Morgan fingerprint density at radius 3 is 2.59 bits per heavy atom. The van der Waals surface area contributed by atoms with Gasteiger partial charge < -0.3 is 5.32 Å². The first-order chi connectivity index (χ1) is 8.31. The van der Waals surface area contributed by atoms with Gasteiger partial charge in [0.05, 0.1) is 17.9 Å². The molecule has 1 aromatic rings. The zero-order valence-electron chi connectivity index (χ0n) is 11.0. The molecule has 96 valence electrons. The van der Waals surface area contributed by atoms with E-state index in [1.165, 1.54) is 50.6 Å². The van der Waals surface area contributed by atoms with Crippen molar-refractivity contribution in [2.24, 2.45) is 13.0 Å². The maximum absolute atomic E-state index is 4.02. The number of aryl methyl sites for hydroxylation is 1. The molecule has 0 radical (unpaired) electrons. The van der Waals surface area contributed by atoms with Crippen molar-refractivity contribution in [2.45, 2.75) is 51.0 Å². The Hall–Kier alpha value is -0.900. The molecule has 1 N–H and O–H groups in total. The lowest BCUT2D eigenvalue weighted by atomic mass is 9.91. The monoisotopic (exact) mass is 236 g/mol. The molecule has 1 aliphatic rings. The fourth-order valence-corrected chi connectivity index (χ4v) is 2.93. The van der Waals surface area contributed by atoms with Gasteiger partial charge in [0.2, 0.25) is 0 Å². The van der Waals surface area contributed by atoms with Crippen LogP contribution in [0.1, 0.15) is 56.7 Å². The normalized spacial score (nSPS) is 20.1. The molecule has 0 aromatic carbocycles. The van der Waals surface area contributed by atoms with Crippen LogP contribution in [0.2, 0.25) is 0 Å². The van der Waals surface area contributed by atoms with Crippen LogP contribution in [0.25, 0.3) is 0 Å². The molecular formula is C13H24N4. The van der Waals surface area contributed by atoms with E-state index in [9.17, 15) is 0 Å².